The molecule has 0 amide bonds. The molecule has 2 nitrogen and oxygen atoms in total. The first kappa shape index (κ1) is 13.5. The summed E-state index contributed by atoms with van der Waals surface area (Å²) in [4.78, 5) is 2.16. The number of benzene rings is 2. The van der Waals surface area contributed by atoms with E-state index in [1.165, 1.54) is 42.5 Å². The van der Waals surface area contributed by atoms with Crippen LogP contribution in [0.3, 0.4) is 0 Å². The zero-order valence-electron chi connectivity index (χ0n) is 11.7. The summed E-state index contributed by atoms with van der Waals surface area (Å²) in [5, 5.41) is 0. The summed E-state index contributed by atoms with van der Waals surface area (Å²) < 4.78 is 1.01. The fourth-order valence-electron chi connectivity index (χ4n) is 2.90. The van der Waals surface area contributed by atoms with E-state index >= 15 is 0 Å². The van der Waals surface area contributed by atoms with Crippen LogP contribution in [-0.4, -0.2) is 7.05 Å². The lowest BCUT2D eigenvalue weighted by Crippen LogP contribution is -2.13. The van der Waals surface area contributed by atoms with E-state index in [1.807, 2.05) is 12.1 Å². The van der Waals surface area contributed by atoms with Crippen LogP contribution in [0, 0.1) is 0 Å². The summed E-state index contributed by atoms with van der Waals surface area (Å²) >= 11 is 3.45. The van der Waals surface area contributed by atoms with Crippen LogP contribution in [0.4, 0.5) is 17.1 Å². The van der Waals surface area contributed by atoms with Crippen molar-refractivity contribution in [2.24, 2.45) is 0 Å². The molecule has 0 unspecified atom stereocenters. The normalized spacial score (nSPS) is 13.9. The molecule has 1 aliphatic rings. The first-order valence-electron chi connectivity index (χ1n) is 7.06. The number of halogens is 1. The van der Waals surface area contributed by atoms with Crippen molar-refractivity contribution in [2.75, 3.05) is 17.7 Å². The van der Waals surface area contributed by atoms with Gasteiger partial charge < -0.3 is 10.6 Å². The maximum absolute atomic E-state index is 6.13. The van der Waals surface area contributed by atoms with Gasteiger partial charge in [-0.05, 0) is 67.1 Å². The fourth-order valence-corrected chi connectivity index (χ4v) is 3.28. The van der Waals surface area contributed by atoms with E-state index in [0.29, 0.717) is 0 Å². The average molecular weight is 331 g/mol. The quantitative estimate of drug-likeness (QED) is 0.810. The average Bonchev–Trinajstić information content (AvgIpc) is 2.46. The number of nitrogens with zero attached hydrogens (tertiary/aromatic N) is 1. The molecule has 0 saturated carbocycles. The van der Waals surface area contributed by atoms with Crippen LogP contribution in [0.15, 0.2) is 40.9 Å². The Morgan fingerprint density at radius 1 is 1.00 bits per heavy atom. The second kappa shape index (κ2) is 5.49. The molecule has 0 aromatic heterocycles. The maximum atomic E-state index is 6.13. The van der Waals surface area contributed by atoms with Crippen LogP contribution in [0.25, 0.3) is 0 Å². The van der Waals surface area contributed by atoms with Gasteiger partial charge in [-0.1, -0.05) is 22.0 Å². The van der Waals surface area contributed by atoms with Gasteiger partial charge in [-0.3, -0.25) is 0 Å². The maximum Gasteiger partial charge on any atom is 0.0642 e. The molecule has 0 heterocycles. The van der Waals surface area contributed by atoms with E-state index in [0.717, 1.165) is 15.8 Å². The summed E-state index contributed by atoms with van der Waals surface area (Å²) in [6.07, 6.45) is 5.05. The molecule has 2 aromatic carbocycles. The number of nitrogen functional groups attached to an aromatic ring is 1. The van der Waals surface area contributed by atoms with Gasteiger partial charge in [0, 0.05) is 17.2 Å². The van der Waals surface area contributed by atoms with Crippen molar-refractivity contribution in [1.82, 2.24) is 0 Å². The van der Waals surface area contributed by atoms with Crippen LogP contribution in [0.2, 0.25) is 0 Å². The summed E-state index contributed by atoms with van der Waals surface area (Å²) in [5.41, 5.74) is 12.2. The molecule has 20 heavy (non-hydrogen) atoms. The lowest BCUT2D eigenvalue weighted by atomic mass is 9.91. The molecule has 2 aromatic rings. The molecule has 0 atom stereocenters. The topological polar surface area (TPSA) is 29.3 Å². The van der Waals surface area contributed by atoms with Gasteiger partial charge in [0.05, 0.1) is 11.4 Å². The van der Waals surface area contributed by atoms with Gasteiger partial charge in [0.1, 0.15) is 0 Å². The summed E-state index contributed by atoms with van der Waals surface area (Å²) in [6, 6.07) is 12.8. The Kier molecular flexibility index (Phi) is 3.70. The smallest absolute Gasteiger partial charge is 0.0642 e. The number of nitrogens with two attached hydrogens (primary N) is 1. The van der Waals surface area contributed by atoms with Gasteiger partial charge >= 0.3 is 0 Å². The molecule has 0 fully saturated rings. The molecule has 0 saturated heterocycles. The first-order valence-corrected chi connectivity index (χ1v) is 7.85. The minimum absolute atomic E-state index is 0.791. The monoisotopic (exact) mass is 330 g/mol. The second-order valence-electron chi connectivity index (χ2n) is 5.42. The van der Waals surface area contributed by atoms with Gasteiger partial charge in [0.2, 0.25) is 0 Å². The number of hydrogen-bond donors (Lipinski definition) is 1. The predicted molar refractivity (Wildman–Crippen MR) is 89.7 cm³/mol. The van der Waals surface area contributed by atoms with E-state index in [-0.39, 0.29) is 0 Å². The number of anilines is 3. The third-order valence-electron chi connectivity index (χ3n) is 4.07. The second-order valence-corrected chi connectivity index (χ2v) is 6.34. The minimum atomic E-state index is 0.791. The van der Waals surface area contributed by atoms with E-state index in [1.54, 1.807) is 0 Å². The summed E-state index contributed by atoms with van der Waals surface area (Å²) in [6.45, 7) is 0. The SMILES string of the molecule is CN(c1ccc2c(c1)CCCC2)c1ccc(Br)cc1N. The molecule has 0 aliphatic heterocycles. The van der Waals surface area contributed by atoms with E-state index in [9.17, 15) is 0 Å². The lowest BCUT2D eigenvalue weighted by Gasteiger charge is -2.24. The van der Waals surface area contributed by atoms with Crippen molar-refractivity contribution < 1.29 is 0 Å². The van der Waals surface area contributed by atoms with E-state index in [2.05, 4.69) is 52.1 Å². The lowest BCUT2D eigenvalue weighted by molar-refractivity contribution is 0.685. The van der Waals surface area contributed by atoms with Gasteiger partial charge in [-0.25, -0.2) is 0 Å². The van der Waals surface area contributed by atoms with Gasteiger partial charge in [-0.15, -0.1) is 0 Å². The number of hydrogen-bond acceptors (Lipinski definition) is 2. The van der Waals surface area contributed by atoms with E-state index in [4.69, 9.17) is 5.73 Å². The van der Waals surface area contributed by atoms with Crippen molar-refractivity contribution in [2.45, 2.75) is 25.7 Å². The molecule has 3 heteroatoms. The van der Waals surface area contributed by atoms with Crippen molar-refractivity contribution in [3.63, 3.8) is 0 Å². The molecule has 0 spiro atoms. The highest BCUT2D eigenvalue weighted by molar-refractivity contribution is 9.10. The van der Waals surface area contributed by atoms with Gasteiger partial charge in [-0.2, -0.15) is 0 Å². The summed E-state index contributed by atoms with van der Waals surface area (Å²) in [5.74, 6) is 0. The molecule has 0 radical (unpaired) electrons. The molecule has 104 valence electrons. The minimum Gasteiger partial charge on any atom is -0.397 e. The first-order chi connectivity index (χ1) is 9.65. The van der Waals surface area contributed by atoms with Crippen LogP contribution in [0.1, 0.15) is 24.0 Å². The van der Waals surface area contributed by atoms with Gasteiger partial charge in [0.25, 0.3) is 0 Å². The molecule has 0 bridgehead atoms. The van der Waals surface area contributed by atoms with Crippen LogP contribution >= 0.6 is 15.9 Å². The zero-order valence-corrected chi connectivity index (χ0v) is 13.3. The molecule has 2 N–H and O–H groups in total. The van der Waals surface area contributed by atoms with Crippen molar-refractivity contribution in [1.29, 1.82) is 0 Å². The zero-order chi connectivity index (χ0) is 14.1. The number of aryl methyl sites for hydroxylation is 2. The van der Waals surface area contributed by atoms with Gasteiger partial charge in [0.15, 0.2) is 0 Å². The predicted octanol–water partition coefficient (Wildman–Crippen LogP) is 4.68. The van der Waals surface area contributed by atoms with Crippen LogP contribution in [0.5, 0.6) is 0 Å². The van der Waals surface area contributed by atoms with E-state index < -0.39 is 0 Å². The Morgan fingerprint density at radius 2 is 1.75 bits per heavy atom. The van der Waals surface area contributed by atoms with Crippen molar-refractivity contribution in [3.8, 4) is 0 Å². The highest BCUT2D eigenvalue weighted by atomic mass is 79.9. The Bertz CT molecular complexity index is 637. The third kappa shape index (κ3) is 2.55. The standard InChI is InChI=1S/C17H19BrN2/c1-20(17-9-7-14(18)11-16(17)19)15-8-6-12-4-2-3-5-13(12)10-15/h6-11H,2-5,19H2,1H3. The Balaban J connectivity index is 1.95. The Hall–Kier alpha value is -1.48. The van der Waals surface area contributed by atoms with Crippen molar-refractivity contribution in [3.05, 3.63) is 52.0 Å². The van der Waals surface area contributed by atoms with Crippen molar-refractivity contribution >= 4 is 33.0 Å². The van der Waals surface area contributed by atoms with Crippen LogP contribution in [-0.2, 0) is 12.8 Å². The molecule has 3 rings (SSSR count). The van der Waals surface area contributed by atoms with Crippen LogP contribution < -0.4 is 10.6 Å². The molecular weight excluding hydrogens is 312 g/mol. The number of fused-ring (bicyclic) bond motifs is 1. The Labute approximate surface area is 128 Å². The molecule has 1 aliphatic carbocycles. The highest BCUT2D eigenvalue weighted by Gasteiger charge is 2.13. The summed E-state index contributed by atoms with van der Waals surface area (Å²) in [7, 11) is 2.07. The largest absolute Gasteiger partial charge is 0.397 e. The Morgan fingerprint density at radius 3 is 2.50 bits per heavy atom. The number of rotatable bonds is 2. The fraction of sp³-hybridized carbons (Fsp3) is 0.294. The third-order valence-corrected chi connectivity index (χ3v) is 4.56. The highest BCUT2D eigenvalue weighted by Crippen LogP contribution is 2.33. The molecular formula is C17H19BrN2.